The fraction of sp³-hybridized carbons (Fsp3) is 0.769. The third-order valence-corrected chi connectivity index (χ3v) is 3.55. The number of carbonyl (C=O) groups is 1. The van der Waals surface area contributed by atoms with Gasteiger partial charge in [0.25, 0.3) is 0 Å². The van der Waals surface area contributed by atoms with E-state index in [0.717, 1.165) is 25.7 Å². The van der Waals surface area contributed by atoms with Crippen LogP contribution in [-0.2, 0) is 4.79 Å². The maximum Gasteiger partial charge on any atom is 0.303 e. The van der Waals surface area contributed by atoms with Crippen molar-refractivity contribution in [1.29, 1.82) is 0 Å². The monoisotopic (exact) mass is 226 g/mol. The van der Waals surface area contributed by atoms with Gasteiger partial charge < -0.3 is 10.2 Å². The molecule has 0 radical (unpaired) electrons. The van der Waals surface area contributed by atoms with Gasteiger partial charge in [-0.1, -0.05) is 19.1 Å². The smallest absolute Gasteiger partial charge is 0.303 e. The number of carboxylic acids is 1. The number of aliphatic hydroxyl groups is 1. The Hall–Kier alpha value is -0.830. The van der Waals surface area contributed by atoms with Crippen molar-refractivity contribution in [3.63, 3.8) is 0 Å². The topological polar surface area (TPSA) is 57.5 Å². The van der Waals surface area contributed by atoms with Crippen LogP contribution in [0, 0.1) is 11.8 Å². The SMILES string of the molecule is C[C@H]1C(O)CC[C@@H]1C/C=C\CCCC(=O)O. The van der Waals surface area contributed by atoms with Crippen LogP contribution >= 0.6 is 0 Å². The van der Waals surface area contributed by atoms with Gasteiger partial charge in [0, 0.05) is 6.42 Å². The van der Waals surface area contributed by atoms with Gasteiger partial charge in [-0.05, 0) is 43.9 Å². The molecule has 1 aliphatic carbocycles. The van der Waals surface area contributed by atoms with Crippen molar-refractivity contribution < 1.29 is 15.0 Å². The average Bonchev–Trinajstić information content (AvgIpc) is 2.54. The number of rotatable bonds is 6. The molecule has 0 heterocycles. The van der Waals surface area contributed by atoms with Gasteiger partial charge in [0.1, 0.15) is 0 Å². The van der Waals surface area contributed by atoms with Crippen molar-refractivity contribution in [3.05, 3.63) is 12.2 Å². The van der Waals surface area contributed by atoms with Gasteiger partial charge in [-0.25, -0.2) is 0 Å². The molecule has 1 unspecified atom stereocenters. The summed E-state index contributed by atoms with van der Waals surface area (Å²) in [7, 11) is 0. The highest BCUT2D eigenvalue weighted by molar-refractivity contribution is 5.66. The molecular formula is C13H22O3. The van der Waals surface area contributed by atoms with E-state index >= 15 is 0 Å². The molecule has 0 bridgehead atoms. The van der Waals surface area contributed by atoms with Crippen LogP contribution in [0.4, 0.5) is 0 Å². The summed E-state index contributed by atoms with van der Waals surface area (Å²) in [4.78, 5) is 10.3. The molecule has 0 aromatic rings. The second-order valence-corrected chi connectivity index (χ2v) is 4.76. The van der Waals surface area contributed by atoms with Gasteiger partial charge in [0.2, 0.25) is 0 Å². The summed E-state index contributed by atoms with van der Waals surface area (Å²) in [6, 6.07) is 0. The van der Waals surface area contributed by atoms with Gasteiger partial charge in [-0.15, -0.1) is 0 Å². The molecule has 1 saturated carbocycles. The Labute approximate surface area is 97.2 Å². The highest BCUT2D eigenvalue weighted by Crippen LogP contribution is 2.34. The Balaban J connectivity index is 2.10. The van der Waals surface area contributed by atoms with E-state index in [1.807, 2.05) is 0 Å². The summed E-state index contributed by atoms with van der Waals surface area (Å²) in [5.41, 5.74) is 0. The van der Waals surface area contributed by atoms with E-state index in [9.17, 15) is 9.90 Å². The van der Waals surface area contributed by atoms with Crippen LogP contribution in [0.5, 0.6) is 0 Å². The van der Waals surface area contributed by atoms with Crippen molar-refractivity contribution in [2.75, 3.05) is 0 Å². The molecular weight excluding hydrogens is 204 g/mol. The summed E-state index contributed by atoms with van der Waals surface area (Å²) < 4.78 is 0. The van der Waals surface area contributed by atoms with Gasteiger partial charge in [-0.3, -0.25) is 4.79 Å². The number of hydrogen-bond acceptors (Lipinski definition) is 2. The summed E-state index contributed by atoms with van der Waals surface area (Å²) in [5.74, 6) is 0.287. The quantitative estimate of drug-likeness (QED) is 0.540. The molecule has 0 aliphatic heterocycles. The first-order valence-corrected chi connectivity index (χ1v) is 6.16. The molecule has 0 saturated heterocycles. The van der Waals surface area contributed by atoms with Crippen molar-refractivity contribution in [2.24, 2.45) is 11.8 Å². The van der Waals surface area contributed by atoms with Gasteiger partial charge >= 0.3 is 5.97 Å². The lowest BCUT2D eigenvalue weighted by atomic mass is 9.93. The molecule has 0 amide bonds. The minimum atomic E-state index is -0.721. The van der Waals surface area contributed by atoms with Crippen LogP contribution in [-0.4, -0.2) is 22.3 Å². The first kappa shape index (κ1) is 13.2. The van der Waals surface area contributed by atoms with Crippen molar-refractivity contribution in [3.8, 4) is 0 Å². The number of aliphatic carboxylic acids is 1. The molecule has 92 valence electrons. The molecule has 16 heavy (non-hydrogen) atoms. The normalized spacial score (nSPS) is 30.0. The van der Waals surface area contributed by atoms with Crippen LogP contribution in [0.25, 0.3) is 0 Å². The van der Waals surface area contributed by atoms with Crippen molar-refractivity contribution in [1.82, 2.24) is 0 Å². The fourth-order valence-corrected chi connectivity index (χ4v) is 2.32. The number of carboxylic acid groups (broad SMARTS) is 1. The minimum Gasteiger partial charge on any atom is -0.481 e. The van der Waals surface area contributed by atoms with Crippen molar-refractivity contribution >= 4 is 5.97 Å². The van der Waals surface area contributed by atoms with Gasteiger partial charge in [0.15, 0.2) is 0 Å². The Morgan fingerprint density at radius 3 is 2.69 bits per heavy atom. The summed E-state index contributed by atoms with van der Waals surface area (Å²) in [6.45, 7) is 2.11. The largest absolute Gasteiger partial charge is 0.481 e. The molecule has 1 aliphatic rings. The van der Waals surface area contributed by atoms with E-state index in [1.165, 1.54) is 0 Å². The van der Waals surface area contributed by atoms with Gasteiger partial charge in [0.05, 0.1) is 6.10 Å². The molecule has 3 nitrogen and oxygen atoms in total. The standard InChI is InChI=1S/C13H22O3/c1-10-11(8-9-12(10)14)6-4-2-3-5-7-13(15)16/h2,4,10-12,14H,3,5-9H2,1H3,(H,15,16)/b4-2-/t10-,11+,12?/m1/s1. The second kappa shape index (κ2) is 6.69. The second-order valence-electron chi connectivity index (χ2n) is 4.76. The molecule has 0 aromatic heterocycles. The summed E-state index contributed by atoms with van der Waals surface area (Å²) in [6.07, 6.45) is 8.96. The fourth-order valence-electron chi connectivity index (χ4n) is 2.32. The molecule has 1 rings (SSSR count). The van der Waals surface area contributed by atoms with E-state index in [4.69, 9.17) is 5.11 Å². The number of allylic oxidation sites excluding steroid dienone is 2. The highest BCUT2D eigenvalue weighted by atomic mass is 16.4. The highest BCUT2D eigenvalue weighted by Gasteiger charge is 2.29. The predicted octanol–water partition coefficient (Wildman–Crippen LogP) is 2.59. The Kier molecular flexibility index (Phi) is 5.53. The molecule has 3 heteroatoms. The Morgan fingerprint density at radius 1 is 1.38 bits per heavy atom. The van der Waals surface area contributed by atoms with Crippen molar-refractivity contribution in [2.45, 2.75) is 51.6 Å². The lowest BCUT2D eigenvalue weighted by Crippen LogP contribution is -2.14. The number of hydrogen-bond donors (Lipinski definition) is 2. The molecule has 0 aromatic carbocycles. The number of aliphatic hydroxyl groups excluding tert-OH is 1. The lowest BCUT2D eigenvalue weighted by Gasteiger charge is -2.15. The molecule has 3 atom stereocenters. The van der Waals surface area contributed by atoms with E-state index in [-0.39, 0.29) is 12.5 Å². The third-order valence-electron chi connectivity index (χ3n) is 3.55. The van der Waals surface area contributed by atoms with Crippen LogP contribution in [0.15, 0.2) is 12.2 Å². The third kappa shape index (κ3) is 4.35. The molecule has 2 N–H and O–H groups in total. The summed E-state index contributed by atoms with van der Waals surface area (Å²) >= 11 is 0. The maximum absolute atomic E-state index is 10.3. The molecule has 1 fully saturated rings. The first-order chi connectivity index (χ1) is 7.61. The zero-order valence-corrected chi connectivity index (χ0v) is 9.93. The predicted molar refractivity (Wildman–Crippen MR) is 63.1 cm³/mol. The average molecular weight is 226 g/mol. The lowest BCUT2D eigenvalue weighted by molar-refractivity contribution is -0.137. The minimum absolute atomic E-state index is 0.120. The van der Waals surface area contributed by atoms with Crippen LogP contribution in [0.1, 0.15) is 45.4 Å². The number of unbranched alkanes of at least 4 members (excludes halogenated alkanes) is 1. The van der Waals surface area contributed by atoms with E-state index in [0.29, 0.717) is 18.3 Å². The summed E-state index contributed by atoms with van der Waals surface area (Å²) in [5, 5.41) is 18.0. The zero-order valence-electron chi connectivity index (χ0n) is 9.93. The first-order valence-electron chi connectivity index (χ1n) is 6.16. The maximum atomic E-state index is 10.3. The Morgan fingerprint density at radius 2 is 2.12 bits per heavy atom. The van der Waals surface area contributed by atoms with E-state index < -0.39 is 5.97 Å². The zero-order chi connectivity index (χ0) is 12.0. The molecule has 0 spiro atoms. The van der Waals surface area contributed by atoms with E-state index in [2.05, 4.69) is 19.1 Å². The Bertz CT molecular complexity index is 248. The van der Waals surface area contributed by atoms with Gasteiger partial charge in [-0.2, -0.15) is 0 Å². The van der Waals surface area contributed by atoms with Crippen LogP contribution < -0.4 is 0 Å². The van der Waals surface area contributed by atoms with E-state index in [1.54, 1.807) is 0 Å². The van der Waals surface area contributed by atoms with Crippen LogP contribution in [0.3, 0.4) is 0 Å². The van der Waals surface area contributed by atoms with Crippen LogP contribution in [0.2, 0.25) is 0 Å².